The van der Waals surface area contributed by atoms with Gasteiger partial charge in [-0.15, -0.1) is 0 Å². The van der Waals surface area contributed by atoms with Crippen molar-refractivity contribution in [2.45, 2.75) is 38.0 Å². The zero-order valence-electron chi connectivity index (χ0n) is 14.0. The number of carbonyl (C=O) groups is 2. The van der Waals surface area contributed by atoms with E-state index in [1.54, 1.807) is 0 Å². The zero-order chi connectivity index (χ0) is 17.2. The molecule has 130 valence electrons. The number of aliphatic carboxylic acids is 1. The number of amides is 1. The van der Waals surface area contributed by atoms with Crippen LogP contribution in [0.25, 0.3) is 0 Å². The largest absolute Gasteiger partial charge is 0.480 e. The molecule has 1 aromatic rings. The van der Waals surface area contributed by atoms with Crippen molar-refractivity contribution in [3.8, 4) is 0 Å². The van der Waals surface area contributed by atoms with Crippen LogP contribution in [0.5, 0.6) is 0 Å². The van der Waals surface area contributed by atoms with Crippen LogP contribution < -0.4 is 0 Å². The summed E-state index contributed by atoms with van der Waals surface area (Å²) in [6.45, 7) is 4.76. The fraction of sp³-hybridized carbons (Fsp3) is 0.556. The van der Waals surface area contributed by atoms with E-state index in [1.165, 1.54) is 4.90 Å². The first-order valence-corrected chi connectivity index (χ1v) is 8.51. The molecular weight excluding hydrogens is 308 g/mol. The van der Waals surface area contributed by atoms with Gasteiger partial charge in [0.15, 0.2) is 6.04 Å². The summed E-state index contributed by atoms with van der Waals surface area (Å²) >= 11 is 0. The number of piperidine rings is 1. The minimum absolute atomic E-state index is 0.0714. The summed E-state index contributed by atoms with van der Waals surface area (Å²) in [6.07, 6.45) is 1.52. The highest BCUT2D eigenvalue weighted by Gasteiger charge is 2.53. The maximum absolute atomic E-state index is 12.9. The van der Waals surface area contributed by atoms with Crippen LogP contribution in [-0.2, 0) is 20.7 Å². The summed E-state index contributed by atoms with van der Waals surface area (Å²) in [5, 5.41) is 9.53. The van der Waals surface area contributed by atoms with Gasteiger partial charge in [0.25, 0.3) is 0 Å². The third-order valence-corrected chi connectivity index (χ3v) is 5.10. The Bertz CT molecular complexity index is 596. The van der Waals surface area contributed by atoms with Crippen LogP contribution in [0.2, 0.25) is 0 Å². The SMILES string of the molecule is CCN1CCC2(CC1)OC[C@@H](C(=O)O)N2C(=O)Cc1ccccc1. The number of carboxylic acids is 1. The first kappa shape index (κ1) is 16.9. The topological polar surface area (TPSA) is 70.1 Å². The van der Waals surface area contributed by atoms with Crippen LogP contribution in [0, 0.1) is 0 Å². The van der Waals surface area contributed by atoms with E-state index in [9.17, 15) is 14.7 Å². The number of nitrogens with zero attached hydrogens (tertiary/aromatic N) is 2. The van der Waals surface area contributed by atoms with Gasteiger partial charge < -0.3 is 14.7 Å². The molecule has 0 aromatic heterocycles. The molecule has 24 heavy (non-hydrogen) atoms. The third-order valence-electron chi connectivity index (χ3n) is 5.10. The van der Waals surface area contributed by atoms with E-state index in [-0.39, 0.29) is 18.9 Å². The van der Waals surface area contributed by atoms with Crippen LogP contribution in [-0.4, -0.2) is 64.8 Å². The van der Waals surface area contributed by atoms with Crippen molar-refractivity contribution in [1.82, 2.24) is 9.80 Å². The fourth-order valence-electron chi connectivity index (χ4n) is 3.70. The van der Waals surface area contributed by atoms with Crippen molar-refractivity contribution in [3.63, 3.8) is 0 Å². The molecule has 2 heterocycles. The molecule has 6 nitrogen and oxygen atoms in total. The molecule has 1 N–H and O–H groups in total. The molecule has 0 radical (unpaired) electrons. The van der Waals surface area contributed by atoms with Gasteiger partial charge in [0.2, 0.25) is 5.91 Å². The maximum atomic E-state index is 12.9. The van der Waals surface area contributed by atoms with E-state index < -0.39 is 17.7 Å². The normalized spacial score (nSPS) is 23.5. The van der Waals surface area contributed by atoms with Crippen molar-refractivity contribution in [2.75, 3.05) is 26.2 Å². The Kier molecular flexibility index (Phi) is 4.87. The summed E-state index contributed by atoms with van der Waals surface area (Å²) in [6, 6.07) is 8.54. The second-order valence-corrected chi connectivity index (χ2v) is 6.47. The summed E-state index contributed by atoms with van der Waals surface area (Å²) in [5.74, 6) is -1.16. The Morgan fingerprint density at radius 1 is 1.25 bits per heavy atom. The molecular formula is C18H24N2O4. The zero-order valence-corrected chi connectivity index (χ0v) is 14.0. The van der Waals surface area contributed by atoms with Gasteiger partial charge in [-0.2, -0.15) is 0 Å². The van der Waals surface area contributed by atoms with Gasteiger partial charge in [-0.05, 0) is 12.1 Å². The summed E-state index contributed by atoms with van der Waals surface area (Å²) < 4.78 is 5.92. The number of hydrogen-bond acceptors (Lipinski definition) is 4. The third kappa shape index (κ3) is 3.16. The Morgan fingerprint density at radius 2 is 1.92 bits per heavy atom. The predicted molar refractivity (Wildman–Crippen MR) is 88.4 cm³/mol. The van der Waals surface area contributed by atoms with Gasteiger partial charge in [0.1, 0.15) is 5.72 Å². The molecule has 0 unspecified atom stereocenters. The average Bonchev–Trinajstić information content (AvgIpc) is 2.96. The van der Waals surface area contributed by atoms with Crippen molar-refractivity contribution in [2.24, 2.45) is 0 Å². The maximum Gasteiger partial charge on any atom is 0.328 e. The van der Waals surface area contributed by atoms with E-state index in [0.717, 1.165) is 25.2 Å². The van der Waals surface area contributed by atoms with Gasteiger partial charge in [-0.1, -0.05) is 37.3 Å². The molecule has 1 spiro atoms. The first-order chi connectivity index (χ1) is 11.6. The molecule has 2 aliphatic heterocycles. The minimum atomic E-state index is -0.994. The molecule has 2 saturated heterocycles. The summed E-state index contributed by atoms with van der Waals surface area (Å²) in [7, 11) is 0. The van der Waals surface area contributed by atoms with Crippen molar-refractivity contribution < 1.29 is 19.4 Å². The number of ether oxygens (including phenoxy) is 1. The van der Waals surface area contributed by atoms with E-state index in [2.05, 4.69) is 11.8 Å². The molecule has 1 atom stereocenters. The van der Waals surface area contributed by atoms with Gasteiger partial charge in [-0.25, -0.2) is 4.79 Å². The number of benzene rings is 1. The van der Waals surface area contributed by atoms with Crippen LogP contribution in [0.1, 0.15) is 25.3 Å². The second-order valence-electron chi connectivity index (χ2n) is 6.47. The van der Waals surface area contributed by atoms with Gasteiger partial charge in [0, 0.05) is 25.9 Å². The van der Waals surface area contributed by atoms with Crippen molar-refractivity contribution in [3.05, 3.63) is 35.9 Å². The quantitative estimate of drug-likeness (QED) is 0.901. The van der Waals surface area contributed by atoms with Gasteiger partial charge in [0.05, 0.1) is 13.0 Å². The average molecular weight is 332 g/mol. The van der Waals surface area contributed by atoms with E-state index in [1.807, 2.05) is 30.3 Å². The van der Waals surface area contributed by atoms with Crippen LogP contribution in [0.4, 0.5) is 0 Å². The monoisotopic (exact) mass is 332 g/mol. The Labute approximate surface area is 142 Å². The van der Waals surface area contributed by atoms with Crippen molar-refractivity contribution >= 4 is 11.9 Å². The lowest BCUT2D eigenvalue weighted by Gasteiger charge is -2.44. The summed E-state index contributed by atoms with van der Waals surface area (Å²) in [5.41, 5.74) is 0.125. The minimum Gasteiger partial charge on any atom is -0.480 e. The number of rotatable bonds is 4. The number of hydrogen-bond donors (Lipinski definition) is 1. The lowest BCUT2D eigenvalue weighted by Crippen LogP contribution is -2.58. The molecule has 1 amide bonds. The molecule has 3 rings (SSSR count). The van der Waals surface area contributed by atoms with Crippen molar-refractivity contribution in [1.29, 1.82) is 0 Å². The van der Waals surface area contributed by atoms with Crippen LogP contribution >= 0.6 is 0 Å². The fourth-order valence-corrected chi connectivity index (χ4v) is 3.70. The smallest absolute Gasteiger partial charge is 0.328 e. The highest BCUT2D eigenvalue weighted by atomic mass is 16.5. The Morgan fingerprint density at radius 3 is 2.50 bits per heavy atom. The predicted octanol–water partition coefficient (Wildman–Crippen LogP) is 1.35. The lowest BCUT2D eigenvalue weighted by molar-refractivity contribution is -0.165. The molecule has 0 bridgehead atoms. The van der Waals surface area contributed by atoms with Crippen LogP contribution in [0.3, 0.4) is 0 Å². The highest BCUT2D eigenvalue weighted by molar-refractivity contribution is 5.86. The Hall–Kier alpha value is -1.92. The van der Waals surface area contributed by atoms with E-state index in [0.29, 0.717) is 12.8 Å². The van der Waals surface area contributed by atoms with Crippen LogP contribution in [0.15, 0.2) is 30.3 Å². The summed E-state index contributed by atoms with van der Waals surface area (Å²) in [4.78, 5) is 28.4. The Balaban J connectivity index is 1.81. The standard InChI is InChI=1S/C18H24N2O4/c1-2-19-10-8-18(9-11-19)20(15(13-24-18)17(22)23)16(21)12-14-6-4-3-5-7-14/h3-7,15H,2,8-13H2,1H3,(H,22,23)/t15-/m0/s1. The van der Waals surface area contributed by atoms with Gasteiger partial charge >= 0.3 is 5.97 Å². The molecule has 2 fully saturated rings. The lowest BCUT2D eigenvalue weighted by atomic mass is 9.97. The molecule has 6 heteroatoms. The second kappa shape index (κ2) is 6.91. The number of carbonyl (C=O) groups excluding carboxylic acids is 1. The highest BCUT2D eigenvalue weighted by Crippen LogP contribution is 2.37. The number of carboxylic acid groups (broad SMARTS) is 1. The molecule has 0 aliphatic carbocycles. The van der Waals surface area contributed by atoms with Gasteiger partial charge in [-0.3, -0.25) is 9.69 Å². The molecule has 2 aliphatic rings. The first-order valence-electron chi connectivity index (χ1n) is 8.51. The molecule has 0 saturated carbocycles. The van der Waals surface area contributed by atoms with E-state index in [4.69, 9.17) is 4.74 Å². The molecule has 1 aromatic carbocycles. The van der Waals surface area contributed by atoms with E-state index >= 15 is 0 Å². The number of likely N-dealkylation sites (tertiary alicyclic amines) is 1.